The lowest BCUT2D eigenvalue weighted by Crippen LogP contribution is -2.41. The number of carbonyl (C=O) groups excluding carboxylic acids is 1. The molecule has 0 atom stereocenters. The minimum atomic E-state index is -0.850. The quantitative estimate of drug-likeness (QED) is 0.190. The first kappa shape index (κ1) is 32.0. The van der Waals surface area contributed by atoms with E-state index >= 15 is 4.39 Å². The predicted molar refractivity (Wildman–Crippen MR) is 167 cm³/mol. The van der Waals surface area contributed by atoms with Gasteiger partial charge in [0.2, 0.25) is 0 Å². The van der Waals surface area contributed by atoms with Crippen molar-refractivity contribution in [2.45, 2.75) is 33.9 Å². The molecule has 0 amide bonds. The van der Waals surface area contributed by atoms with Gasteiger partial charge in [-0.3, -0.25) is 18.7 Å². The molecule has 3 aromatic carbocycles. The van der Waals surface area contributed by atoms with Crippen LogP contribution in [-0.2, 0) is 19.5 Å². The maximum absolute atomic E-state index is 15.7. The summed E-state index contributed by atoms with van der Waals surface area (Å²) in [6.07, 6.45) is -0.259. The highest BCUT2D eigenvalue weighted by Crippen LogP contribution is 2.32. The molecule has 46 heavy (non-hydrogen) atoms. The fraction of sp³-hybridized carbons (Fsp3) is 0.182. The molecule has 3 heterocycles. The van der Waals surface area contributed by atoms with Gasteiger partial charge in [0.25, 0.3) is 5.56 Å². The summed E-state index contributed by atoms with van der Waals surface area (Å²) in [4.78, 5) is 45.2. The first-order chi connectivity index (χ1) is 21.7. The molecule has 6 rings (SSSR count). The lowest BCUT2D eigenvalue weighted by atomic mass is 9.98. The standard InChI is InChI=1S/C32H24F2N4O6S.CH4/c1-3-20-14-23-29(40)37(16-26(39)18-10-11-27(43-2)25(34)13-18)32(42)38(30(23)45-20)15-19-9-8-17(12-24(19)33)21-6-4-5-7-22(21)28-35-31(41)44-36-28;/h4-14H,3,15-16H2,1-2H3,(H,35,36,41);1H4/p-1. The van der Waals surface area contributed by atoms with Gasteiger partial charge in [-0.1, -0.05) is 50.7 Å². The van der Waals surface area contributed by atoms with Crippen molar-refractivity contribution >= 4 is 27.3 Å². The molecule has 0 spiro atoms. The number of ketones is 1. The molecule has 0 aliphatic heterocycles. The normalized spacial score (nSPS) is 11.0. The van der Waals surface area contributed by atoms with Gasteiger partial charge in [0.15, 0.2) is 29.3 Å². The Balaban J connectivity index is 0.00000417. The number of rotatable bonds is 9. The Morgan fingerprint density at radius 2 is 1.76 bits per heavy atom. The van der Waals surface area contributed by atoms with Crippen LogP contribution in [0.2, 0.25) is 0 Å². The van der Waals surface area contributed by atoms with Crippen molar-refractivity contribution in [2.75, 3.05) is 7.11 Å². The number of fused-ring (bicyclic) bond motifs is 1. The third-order valence-electron chi connectivity index (χ3n) is 7.34. The molecular weight excluding hydrogens is 618 g/mol. The summed E-state index contributed by atoms with van der Waals surface area (Å²) in [5.41, 5.74) is 0.122. The maximum Gasteiger partial charge on any atom is 0.332 e. The van der Waals surface area contributed by atoms with Gasteiger partial charge in [0.05, 0.1) is 25.6 Å². The number of benzene rings is 3. The van der Waals surface area contributed by atoms with Crippen LogP contribution in [0.1, 0.15) is 35.1 Å². The zero-order chi connectivity index (χ0) is 31.8. The van der Waals surface area contributed by atoms with Gasteiger partial charge in [-0.2, -0.15) is 5.16 Å². The van der Waals surface area contributed by atoms with Crippen LogP contribution in [0, 0.1) is 11.6 Å². The summed E-state index contributed by atoms with van der Waals surface area (Å²) in [5.74, 6) is -2.04. The first-order valence-corrected chi connectivity index (χ1v) is 14.5. The van der Waals surface area contributed by atoms with Crippen LogP contribution in [0.15, 0.2) is 80.8 Å². The molecule has 13 heteroatoms. The Morgan fingerprint density at radius 3 is 2.41 bits per heavy atom. The lowest BCUT2D eigenvalue weighted by Gasteiger charge is -2.14. The molecule has 0 saturated heterocycles. The number of carbonyl (C=O) groups is 1. The van der Waals surface area contributed by atoms with E-state index in [1.807, 2.05) is 6.92 Å². The van der Waals surface area contributed by atoms with Crippen molar-refractivity contribution in [3.63, 3.8) is 0 Å². The summed E-state index contributed by atoms with van der Waals surface area (Å²) < 4.78 is 41.5. The van der Waals surface area contributed by atoms with Crippen LogP contribution in [0.5, 0.6) is 11.8 Å². The van der Waals surface area contributed by atoms with Crippen LogP contribution >= 0.6 is 11.3 Å². The second-order valence-corrected chi connectivity index (χ2v) is 11.2. The molecule has 6 aromatic rings. The number of nitrogens with zero attached hydrogens (tertiary/aromatic N) is 4. The number of methoxy groups -OCH3 is 1. The van der Waals surface area contributed by atoms with Crippen molar-refractivity contribution < 1.29 is 27.9 Å². The van der Waals surface area contributed by atoms with Gasteiger partial charge in [-0.15, -0.1) is 11.3 Å². The molecule has 0 unspecified atom stereocenters. The summed E-state index contributed by atoms with van der Waals surface area (Å²) >= 11 is 1.24. The molecule has 0 aliphatic rings. The van der Waals surface area contributed by atoms with Crippen LogP contribution in [0.25, 0.3) is 32.7 Å². The molecule has 10 nitrogen and oxygen atoms in total. The Hall–Kier alpha value is -5.43. The SMILES string of the molecule is C.CCc1cc2c(=O)n(CC(=O)c3ccc(OC)c(F)c3)c(=O)n(Cc3ccc(-c4ccccc4-c4noc([O-])n4)cc3F)c2s1. The lowest BCUT2D eigenvalue weighted by molar-refractivity contribution is -0.303. The number of aromatic nitrogens is 4. The molecule has 0 bridgehead atoms. The minimum absolute atomic E-state index is 0. The second-order valence-electron chi connectivity index (χ2n) is 10.1. The van der Waals surface area contributed by atoms with E-state index in [9.17, 15) is 23.9 Å². The Kier molecular flexibility index (Phi) is 8.96. The van der Waals surface area contributed by atoms with Gasteiger partial charge in [0.1, 0.15) is 10.6 Å². The van der Waals surface area contributed by atoms with E-state index in [1.54, 1.807) is 36.4 Å². The van der Waals surface area contributed by atoms with Gasteiger partial charge in [0, 0.05) is 21.6 Å². The van der Waals surface area contributed by atoms with Crippen molar-refractivity contribution in [1.82, 2.24) is 19.3 Å². The van der Waals surface area contributed by atoms with Crippen molar-refractivity contribution in [3.8, 4) is 34.3 Å². The molecule has 0 aliphatic carbocycles. The topological polar surface area (TPSA) is 132 Å². The highest BCUT2D eigenvalue weighted by Gasteiger charge is 2.21. The van der Waals surface area contributed by atoms with Crippen LogP contribution < -0.4 is 21.1 Å². The van der Waals surface area contributed by atoms with Crippen molar-refractivity contribution in [2.24, 2.45) is 0 Å². The van der Waals surface area contributed by atoms with Crippen LogP contribution in [0.4, 0.5) is 8.78 Å². The van der Waals surface area contributed by atoms with Gasteiger partial charge in [-0.25, -0.2) is 18.6 Å². The molecule has 0 N–H and O–H groups in total. The zero-order valence-electron chi connectivity index (χ0n) is 23.9. The summed E-state index contributed by atoms with van der Waals surface area (Å²) in [5, 5.41) is 15.3. The number of Topliss-reactive ketones (excluding diaryl/α,β-unsaturated/α-hetero) is 1. The number of thiophene rings is 1. The van der Waals surface area contributed by atoms with E-state index in [0.717, 1.165) is 15.5 Å². The molecular formula is C33H27F2N4O6S-. The third-order valence-corrected chi connectivity index (χ3v) is 8.64. The average molecular weight is 646 g/mol. The second kappa shape index (κ2) is 12.9. The fourth-order valence-electron chi connectivity index (χ4n) is 5.04. The fourth-order valence-corrected chi connectivity index (χ4v) is 6.12. The number of hydrogen-bond acceptors (Lipinski definition) is 9. The highest BCUT2D eigenvalue weighted by atomic mass is 32.1. The summed E-state index contributed by atoms with van der Waals surface area (Å²) in [6, 6.07) is 16.6. The van der Waals surface area contributed by atoms with Crippen LogP contribution in [0.3, 0.4) is 0 Å². The van der Waals surface area contributed by atoms with Gasteiger partial charge < -0.3 is 14.4 Å². The van der Waals surface area contributed by atoms with Crippen LogP contribution in [-0.4, -0.2) is 32.2 Å². The summed E-state index contributed by atoms with van der Waals surface area (Å²) in [7, 11) is 1.29. The van der Waals surface area contributed by atoms with Gasteiger partial charge in [-0.05, 0) is 47.9 Å². The minimum Gasteiger partial charge on any atom is -0.528 e. The van der Waals surface area contributed by atoms with E-state index < -0.39 is 41.3 Å². The largest absolute Gasteiger partial charge is 0.528 e. The van der Waals surface area contributed by atoms with E-state index in [0.29, 0.717) is 27.9 Å². The Labute approximate surface area is 264 Å². The molecule has 0 fully saturated rings. The Morgan fingerprint density at radius 1 is 1.00 bits per heavy atom. The average Bonchev–Trinajstić information content (AvgIpc) is 3.68. The molecule has 236 valence electrons. The van der Waals surface area contributed by atoms with Crippen molar-refractivity contribution in [1.29, 1.82) is 0 Å². The first-order valence-electron chi connectivity index (χ1n) is 13.7. The van der Waals surface area contributed by atoms with E-state index in [4.69, 9.17) is 4.74 Å². The predicted octanol–water partition coefficient (Wildman–Crippen LogP) is 5.43. The monoisotopic (exact) mass is 645 g/mol. The Bertz CT molecular complexity index is 2220. The van der Waals surface area contributed by atoms with E-state index in [1.165, 1.54) is 47.3 Å². The van der Waals surface area contributed by atoms with E-state index in [-0.39, 0.29) is 42.1 Å². The number of ether oxygens (including phenoxy) is 1. The number of hydrogen-bond donors (Lipinski definition) is 0. The third kappa shape index (κ3) is 5.84. The molecule has 0 saturated carbocycles. The maximum atomic E-state index is 15.7. The molecule has 0 radical (unpaired) electrons. The highest BCUT2D eigenvalue weighted by molar-refractivity contribution is 7.18. The summed E-state index contributed by atoms with van der Waals surface area (Å²) in [6.45, 7) is 1.02. The zero-order valence-corrected chi connectivity index (χ0v) is 24.7. The van der Waals surface area contributed by atoms with Crippen molar-refractivity contribution in [3.05, 3.63) is 115 Å². The number of aryl methyl sites for hydroxylation is 1. The molecule has 3 aromatic heterocycles. The smallest absolute Gasteiger partial charge is 0.332 e. The van der Waals surface area contributed by atoms with Gasteiger partial charge >= 0.3 is 5.69 Å². The van der Waals surface area contributed by atoms with E-state index in [2.05, 4.69) is 14.7 Å². The number of halogens is 2.